The van der Waals surface area contributed by atoms with E-state index < -0.39 is 16.9 Å². The molecular weight excluding hydrogens is 312 g/mol. The molecule has 0 fully saturated rings. The smallest absolute Gasteiger partial charge is 0.269 e. The number of rotatable bonds is 6. The lowest BCUT2D eigenvalue weighted by Crippen LogP contribution is -2.30. The zero-order valence-corrected chi connectivity index (χ0v) is 13.2. The standard InChI is InChI=1S/C17H16N2O5/c1-11(20)13-4-3-5-14(10-13)18-17(21)12(2)24-16-8-6-15(7-9-16)19(22)23/h3-10,12H,1-2H3,(H,18,21)/t12-/m1/s1. The molecule has 24 heavy (non-hydrogen) atoms. The van der Waals surface area contributed by atoms with Crippen LogP contribution in [0.1, 0.15) is 24.2 Å². The summed E-state index contributed by atoms with van der Waals surface area (Å²) in [7, 11) is 0. The number of nitro groups is 1. The van der Waals surface area contributed by atoms with E-state index >= 15 is 0 Å². The predicted molar refractivity (Wildman–Crippen MR) is 88.3 cm³/mol. The van der Waals surface area contributed by atoms with Gasteiger partial charge in [0.1, 0.15) is 5.75 Å². The molecule has 1 N–H and O–H groups in total. The minimum Gasteiger partial charge on any atom is -0.481 e. The highest BCUT2D eigenvalue weighted by Gasteiger charge is 2.16. The molecule has 0 bridgehead atoms. The van der Waals surface area contributed by atoms with Gasteiger partial charge in [-0.15, -0.1) is 0 Å². The van der Waals surface area contributed by atoms with Crippen molar-refractivity contribution in [2.75, 3.05) is 5.32 Å². The van der Waals surface area contributed by atoms with Crippen LogP contribution < -0.4 is 10.1 Å². The van der Waals surface area contributed by atoms with Crippen molar-refractivity contribution in [3.63, 3.8) is 0 Å². The Bertz CT molecular complexity index is 771. The number of carbonyl (C=O) groups is 2. The number of ketones is 1. The molecule has 7 heteroatoms. The summed E-state index contributed by atoms with van der Waals surface area (Å²) in [5.41, 5.74) is 0.934. The first-order valence-electron chi connectivity index (χ1n) is 7.20. The van der Waals surface area contributed by atoms with Crippen LogP contribution in [0.2, 0.25) is 0 Å². The summed E-state index contributed by atoms with van der Waals surface area (Å²) < 4.78 is 5.46. The van der Waals surface area contributed by atoms with Crippen LogP contribution in [0.25, 0.3) is 0 Å². The van der Waals surface area contributed by atoms with E-state index in [1.54, 1.807) is 31.2 Å². The molecule has 0 aromatic heterocycles. The molecule has 7 nitrogen and oxygen atoms in total. The fourth-order valence-corrected chi connectivity index (χ4v) is 1.96. The summed E-state index contributed by atoms with van der Waals surface area (Å²) in [6, 6.07) is 12.0. The van der Waals surface area contributed by atoms with E-state index in [4.69, 9.17) is 4.74 Å². The normalized spacial score (nSPS) is 11.4. The molecule has 1 atom stereocenters. The second kappa shape index (κ2) is 7.36. The van der Waals surface area contributed by atoms with Crippen molar-refractivity contribution in [1.29, 1.82) is 0 Å². The molecule has 0 saturated carbocycles. The third kappa shape index (κ3) is 4.39. The molecular formula is C17H16N2O5. The van der Waals surface area contributed by atoms with E-state index in [9.17, 15) is 19.7 Å². The van der Waals surface area contributed by atoms with Gasteiger partial charge in [-0.25, -0.2) is 0 Å². The van der Waals surface area contributed by atoms with Crippen LogP contribution >= 0.6 is 0 Å². The van der Waals surface area contributed by atoms with Gasteiger partial charge in [-0.05, 0) is 38.1 Å². The van der Waals surface area contributed by atoms with Crippen molar-refractivity contribution < 1.29 is 19.2 Å². The van der Waals surface area contributed by atoms with E-state index in [0.29, 0.717) is 17.0 Å². The number of amides is 1. The van der Waals surface area contributed by atoms with Crippen LogP contribution in [0, 0.1) is 10.1 Å². The van der Waals surface area contributed by atoms with Crippen molar-refractivity contribution in [2.45, 2.75) is 20.0 Å². The summed E-state index contributed by atoms with van der Waals surface area (Å²) in [5, 5.41) is 13.3. The number of nitro benzene ring substituents is 1. The Morgan fingerprint density at radius 1 is 1.17 bits per heavy atom. The van der Waals surface area contributed by atoms with E-state index in [1.807, 2.05) is 0 Å². The maximum absolute atomic E-state index is 12.1. The second-order valence-electron chi connectivity index (χ2n) is 5.14. The lowest BCUT2D eigenvalue weighted by molar-refractivity contribution is -0.384. The van der Waals surface area contributed by atoms with Crippen molar-refractivity contribution in [1.82, 2.24) is 0 Å². The van der Waals surface area contributed by atoms with Crippen LogP contribution in [-0.4, -0.2) is 22.7 Å². The van der Waals surface area contributed by atoms with Crippen LogP contribution in [0.5, 0.6) is 5.75 Å². The maximum atomic E-state index is 12.1. The van der Waals surface area contributed by atoms with Crippen molar-refractivity contribution in [3.05, 3.63) is 64.2 Å². The number of Topliss-reactive ketones (excluding diaryl/α,β-unsaturated/α-hetero) is 1. The van der Waals surface area contributed by atoms with Crippen LogP contribution in [0.4, 0.5) is 11.4 Å². The number of nitrogens with one attached hydrogen (secondary N) is 1. The number of carbonyl (C=O) groups excluding carboxylic acids is 2. The van der Waals surface area contributed by atoms with Crippen molar-refractivity contribution in [3.8, 4) is 5.75 Å². The van der Waals surface area contributed by atoms with E-state index in [0.717, 1.165) is 0 Å². The highest BCUT2D eigenvalue weighted by Crippen LogP contribution is 2.19. The third-order valence-electron chi connectivity index (χ3n) is 3.27. The van der Waals surface area contributed by atoms with Crippen LogP contribution in [-0.2, 0) is 4.79 Å². The van der Waals surface area contributed by atoms with Gasteiger partial charge in [-0.1, -0.05) is 12.1 Å². The number of ether oxygens (including phenoxy) is 1. The fourth-order valence-electron chi connectivity index (χ4n) is 1.96. The van der Waals surface area contributed by atoms with Gasteiger partial charge in [-0.3, -0.25) is 19.7 Å². The number of anilines is 1. The molecule has 0 saturated heterocycles. The zero-order chi connectivity index (χ0) is 17.7. The number of hydrogen-bond acceptors (Lipinski definition) is 5. The predicted octanol–water partition coefficient (Wildman–Crippen LogP) is 3.20. The molecule has 0 heterocycles. The minimum atomic E-state index is -0.813. The molecule has 0 radical (unpaired) electrons. The van der Waals surface area contributed by atoms with Gasteiger partial charge in [0.15, 0.2) is 11.9 Å². The first kappa shape index (κ1) is 17.1. The van der Waals surface area contributed by atoms with E-state index in [-0.39, 0.29) is 11.5 Å². The SMILES string of the molecule is CC(=O)c1cccc(NC(=O)[C@@H](C)Oc2ccc([N+](=O)[O-])cc2)c1. The molecule has 0 aliphatic rings. The topological polar surface area (TPSA) is 98.5 Å². The molecule has 0 spiro atoms. The molecule has 0 aliphatic carbocycles. The van der Waals surface area contributed by atoms with Crippen molar-refractivity contribution >= 4 is 23.1 Å². The Kier molecular flexibility index (Phi) is 5.26. The maximum Gasteiger partial charge on any atom is 0.269 e. The van der Waals surface area contributed by atoms with Gasteiger partial charge in [0, 0.05) is 23.4 Å². The van der Waals surface area contributed by atoms with Gasteiger partial charge in [0.2, 0.25) is 0 Å². The Balaban J connectivity index is 2.00. The quantitative estimate of drug-likeness (QED) is 0.499. The molecule has 1 amide bonds. The average molecular weight is 328 g/mol. The Hall–Kier alpha value is -3.22. The van der Waals surface area contributed by atoms with E-state index in [1.165, 1.54) is 31.2 Å². The fraction of sp³-hybridized carbons (Fsp3) is 0.176. The molecule has 2 rings (SSSR count). The van der Waals surface area contributed by atoms with Gasteiger partial charge in [0.25, 0.3) is 11.6 Å². The Labute approximate surface area is 138 Å². The van der Waals surface area contributed by atoms with Gasteiger partial charge in [0.05, 0.1) is 4.92 Å². The minimum absolute atomic E-state index is 0.0551. The monoisotopic (exact) mass is 328 g/mol. The van der Waals surface area contributed by atoms with E-state index in [2.05, 4.69) is 5.32 Å². The second-order valence-corrected chi connectivity index (χ2v) is 5.14. The molecule has 0 unspecified atom stereocenters. The summed E-state index contributed by atoms with van der Waals surface area (Å²) in [4.78, 5) is 33.6. The lowest BCUT2D eigenvalue weighted by atomic mass is 10.1. The number of benzene rings is 2. The zero-order valence-electron chi connectivity index (χ0n) is 13.2. The molecule has 124 valence electrons. The summed E-state index contributed by atoms with van der Waals surface area (Å²) in [5.74, 6) is -0.143. The lowest BCUT2D eigenvalue weighted by Gasteiger charge is -2.15. The van der Waals surface area contributed by atoms with Crippen LogP contribution in [0.3, 0.4) is 0 Å². The Morgan fingerprint density at radius 3 is 2.42 bits per heavy atom. The summed E-state index contributed by atoms with van der Waals surface area (Å²) in [6.45, 7) is 3.01. The van der Waals surface area contributed by atoms with Gasteiger partial charge in [-0.2, -0.15) is 0 Å². The van der Waals surface area contributed by atoms with Gasteiger partial charge < -0.3 is 10.1 Å². The first-order valence-corrected chi connectivity index (χ1v) is 7.20. The molecule has 0 aliphatic heterocycles. The summed E-state index contributed by atoms with van der Waals surface area (Å²) in [6.07, 6.45) is -0.813. The summed E-state index contributed by atoms with van der Waals surface area (Å²) >= 11 is 0. The number of non-ortho nitro benzene ring substituents is 1. The first-order chi connectivity index (χ1) is 11.4. The molecule has 2 aromatic carbocycles. The molecule has 2 aromatic rings. The van der Waals surface area contributed by atoms with Gasteiger partial charge >= 0.3 is 0 Å². The van der Waals surface area contributed by atoms with Crippen molar-refractivity contribution in [2.24, 2.45) is 0 Å². The number of hydrogen-bond donors (Lipinski definition) is 1. The largest absolute Gasteiger partial charge is 0.481 e. The highest BCUT2D eigenvalue weighted by atomic mass is 16.6. The Morgan fingerprint density at radius 2 is 1.83 bits per heavy atom. The van der Waals surface area contributed by atoms with Crippen LogP contribution in [0.15, 0.2) is 48.5 Å². The number of nitrogens with zero attached hydrogens (tertiary/aromatic N) is 1. The third-order valence-corrected chi connectivity index (χ3v) is 3.27. The highest BCUT2D eigenvalue weighted by molar-refractivity contribution is 5.98. The average Bonchev–Trinajstić information content (AvgIpc) is 2.55.